The normalized spacial score (nSPS) is 26.4. The van der Waals surface area contributed by atoms with Gasteiger partial charge in [0.1, 0.15) is 5.84 Å². The van der Waals surface area contributed by atoms with E-state index in [1.165, 1.54) is 5.39 Å². The Kier molecular flexibility index (Phi) is 3.01. The third-order valence-electron chi connectivity index (χ3n) is 5.55. The molecule has 1 aromatic carbocycles. The number of nitrogens with one attached hydrogen (secondary N) is 1. The van der Waals surface area contributed by atoms with Gasteiger partial charge in [-0.3, -0.25) is 9.79 Å². The number of benzene rings is 1. The van der Waals surface area contributed by atoms with Gasteiger partial charge < -0.3 is 10.7 Å². The molecule has 0 radical (unpaired) electrons. The fourth-order valence-corrected chi connectivity index (χ4v) is 5.06. The fraction of sp³-hybridized carbons (Fsp3) is 0.300. The molecule has 5 rings (SSSR count). The van der Waals surface area contributed by atoms with Crippen molar-refractivity contribution in [3.63, 3.8) is 0 Å². The van der Waals surface area contributed by atoms with Crippen molar-refractivity contribution in [2.75, 3.05) is 0 Å². The van der Waals surface area contributed by atoms with Crippen LogP contribution < -0.4 is 5.73 Å². The molecule has 1 aliphatic carbocycles. The summed E-state index contributed by atoms with van der Waals surface area (Å²) in [5.74, 6) is 0.687. The van der Waals surface area contributed by atoms with E-state index in [2.05, 4.69) is 40.7 Å². The Morgan fingerprint density at radius 2 is 2.08 bits per heavy atom. The summed E-state index contributed by atoms with van der Waals surface area (Å²) in [5, 5.41) is 3.32. The first-order chi connectivity index (χ1) is 12.1. The Bertz CT molecular complexity index is 1030. The highest BCUT2D eigenvalue weighted by molar-refractivity contribution is 7.10. The van der Waals surface area contributed by atoms with Crippen LogP contribution in [0.3, 0.4) is 0 Å². The quantitative estimate of drug-likeness (QED) is 0.748. The lowest BCUT2D eigenvalue weighted by molar-refractivity contribution is -0.125. The highest BCUT2D eigenvalue weighted by Gasteiger charge is 2.57. The molecule has 2 aliphatic rings. The Hall–Kier alpha value is -2.40. The molecule has 1 fully saturated rings. The van der Waals surface area contributed by atoms with E-state index < -0.39 is 5.54 Å². The molecule has 3 N–H and O–H groups in total. The van der Waals surface area contributed by atoms with E-state index in [-0.39, 0.29) is 11.7 Å². The second-order valence-corrected chi connectivity index (χ2v) is 8.05. The van der Waals surface area contributed by atoms with E-state index in [0.29, 0.717) is 11.8 Å². The number of hydrogen-bond donors (Lipinski definition) is 2. The number of aliphatic imine (C=N–C) groups is 1. The van der Waals surface area contributed by atoms with Crippen LogP contribution in [0.25, 0.3) is 22.0 Å². The van der Waals surface area contributed by atoms with Crippen LogP contribution in [0.4, 0.5) is 0 Å². The molecule has 126 valence electrons. The molecule has 2 aromatic heterocycles. The second kappa shape index (κ2) is 5.05. The SMILES string of the molecule is CC1C(=O)C(c2cc(-c3ccc4[nH]ccc4c3)cs2)(C2CC2)N=C1N. The van der Waals surface area contributed by atoms with Crippen molar-refractivity contribution >= 4 is 33.9 Å². The molecule has 0 saturated heterocycles. The van der Waals surface area contributed by atoms with Crippen molar-refractivity contribution in [2.24, 2.45) is 22.6 Å². The summed E-state index contributed by atoms with van der Waals surface area (Å²) in [6.07, 6.45) is 4.06. The number of nitrogens with zero attached hydrogens (tertiary/aromatic N) is 1. The zero-order valence-electron chi connectivity index (χ0n) is 14.0. The number of ketones is 1. The number of Topliss-reactive ketones (excluding diaryl/α,β-unsaturated/α-hetero) is 1. The summed E-state index contributed by atoms with van der Waals surface area (Å²) in [7, 11) is 0. The fourth-order valence-electron chi connectivity index (χ4n) is 3.91. The largest absolute Gasteiger partial charge is 0.387 e. The van der Waals surface area contributed by atoms with Crippen molar-refractivity contribution in [2.45, 2.75) is 25.3 Å². The Labute approximate surface area is 149 Å². The number of carbonyl (C=O) groups is 1. The molecule has 0 bridgehead atoms. The molecular weight excluding hydrogens is 330 g/mol. The summed E-state index contributed by atoms with van der Waals surface area (Å²) in [5.41, 5.74) is 8.75. The number of aromatic nitrogens is 1. The highest BCUT2D eigenvalue weighted by Crippen LogP contribution is 2.54. The molecule has 5 heteroatoms. The van der Waals surface area contributed by atoms with E-state index in [9.17, 15) is 4.79 Å². The molecule has 3 heterocycles. The number of fused-ring (bicyclic) bond motifs is 1. The molecule has 4 nitrogen and oxygen atoms in total. The third kappa shape index (κ3) is 2.05. The van der Waals surface area contributed by atoms with E-state index in [4.69, 9.17) is 10.7 Å². The van der Waals surface area contributed by atoms with Crippen molar-refractivity contribution in [1.82, 2.24) is 4.98 Å². The number of aromatic amines is 1. The first-order valence-corrected chi connectivity index (χ1v) is 9.53. The van der Waals surface area contributed by atoms with E-state index in [1.807, 2.05) is 13.1 Å². The summed E-state index contributed by atoms with van der Waals surface area (Å²) >= 11 is 1.63. The van der Waals surface area contributed by atoms with Gasteiger partial charge in [-0.15, -0.1) is 11.3 Å². The summed E-state index contributed by atoms with van der Waals surface area (Å²) < 4.78 is 0. The summed E-state index contributed by atoms with van der Waals surface area (Å²) in [6.45, 7) is 1.87. The van der Waals surface area contributed by atoms with Crippen molar-refractivity contribution in [1.29, 1.82) is 0 Å². The number of thiophene rings is 1. The lowest BCUT2D eigenvalue weighted by atomic mass is 9.84. The van der Waals surface area contributed by atoms with Crippen LogP contribution in [0, 0.1) is 11.8 Å². The average molecular weight is 349 g/mol. The van der Waals surface area contributed by atoms with Gasteiger partial charge in [-0.25, -0.2) is 0 Å². The van der Waals surface area contributed by atoms with Crippen LogP contribution in [0.2, 0.25) is 0 Å². The van der Waals surface area contributed by atoms with Crippen molar-refractivity contribution < 1.29 is 4.79 Å². The van der Waals surface area contributed by atoms with Gasteiger partial charge in [0.25, 0.3) is 0 Å². The zero-order valence-corrected chi connectivity index (χ0v) is 14.8. The zero-order chi connectivity index (χ0) is 17.2. The van der Waals surface area contributed by atoms with Gasteiger partial charge in [0.05, 0.1) is 5.92 Å². The lowest BCUT2D eigenvalue weighted by Crippen LogP contribution is -2.35. The second-order valence-electron chi connectivity index (χ2n) is 7.14. The molecule has 2 unspecified atom stereocenters. The standard InChI is InChI=1S/C20H19N3OS/c1-11-18(24)20(15-3-4-15,23-19(11)21)17-9-14(10-25-17)12-2-5-16-13(8-12)6-7-22-16/h2,5-11,15,22H,3-4H2,1H3,(H2,21,23). The minimum atomic E-state index is -0.732. The molecule has 1 aliphatic heterocycles. The molecule has 0 spiro atoms. The number of amidine groups is 1. The summed E-state index contributed by atoms with van der Waals surface area (Å²) in [4.78, 5) is 22.0. The monoisotopic (exact) mass is 349 g/mol. The Balaban J connectivity index is 1.60. The van der Waals surface area contributed by atoms with Gasteiger partial charge in [-0.2, -0.15) is 0 Å². The first kappa shape index (κ1) is 14.9. The van der Waals surface area contributed by atoms with Gasteiger partial charge >= 0.3 is 0 Å². The number of rotatable bonds is 3. The number of hydrogen-bond acceptors (Lipinski definition) is 4. The summed E-state index contributed by atoms with van der Waals surface area (Å²) in [6, 6.07) is 10.6. The molecular formula is C20H19N3OS. The van der Waals surface area contributed by atoms with Crippen LogP contribution in [-0.4, -0.2) is 16.6 Å². The van der Waals surface area contributed by atoms with E-state index in [1.54, 1.807) is 11.3 Å². The Morgan fingerprint density at radius 1 is 1.24 bits per heavy atom. The van der Waals surface area contributed by atoms with Crippen LogP contribution in [-0.2, 0) is 10.3 Å². The van der Waals surface area contributed by atoms with Crippen LogP contribution in [0.5, 0.6) is 0 Å². The van der Waals surface area contributed by atoms with Crippen molar-refractivity contribution in [3.8, 4) is 11.1 Å². The number of H-pyrrole nitrogens is 1. The minimum absolute atomic E-state index is 0.169. The van der Waals surface area contributed by atoms with Crippen LogP contribution in [0.1, 0.15) is 24.6 Å². The predicted molar refractivity (Wildman–Crippen MR) is 102 cm³/mol. The van der Waals surface area contributed by atoms with Gasteiger partial charge in [-0.1, -0.05) is 6.07 Å². The van der Waals surface area contributed by atoms with Crippen molar-refractivity contribution in [3.05, 3.63) is 46.8 Å². The van der Waals surface area contributed by atoms with Gasteiger partial charge in [0.15, 0.2) is 11.3 Å². The highest BCUT2D eigenvalue weighted by atomic mass is 32.1. The minimum Gasteiger partial charge on any atom is -0.387 e. The van der Waals surface area contributed by atoms with Crippen LogP contribution in [0.15, 0.2) is 46.9 Å². The third-order valence-corrected chi connectivity index (χ3v) is 6.60. The van der Waals surface area contributed by atoms with E-state index in [0.717, 1.165) is 34.4 Å². The average Bonchev–Trinajstić information content (AvgIpc) is 3.08. The lowest BCUT2D eigenvalue weighted by Gasteiger charge is -2.23. The molecule has 1 saturated carbocycles. The smallest absolute Gasteiger partial charge is 0.176 e. The van der Waals surface area contributed by atoms with Crippen LogP contribution >= 0.6 is 11.3 Å². The van der Waals surface area contributed by atoms with Gasteiger partial charge in [0, 0.05) is 16.6 Å². The number of carbonyl (C=O) groups excluding carboxylic acids is 1. The molecule has 2 atom stereocenters. The Morgan fingerprint density at radius 3 is 2.80 bits per heavy atom. The van der Waals surface area contributed by atoms with E-state index >= 15 is 0 Å². The first-order valence-electron chi connectivity index (χ1n) is 8.65. The number of nitrogens with two attached hydrogens (primary N) is 1. The van der Waals surface area contributed by atoms with Gasteiger partial charge in [-0.05, 0) is 71.8 Å². The van der Waals surface area contributed by atoms with Gasteiger partial charge in [0.2, 0.25) is 0 Å². The predicted octanol–water partition coefficient (Wildman–Crippen LogP) is 4.08. The molecule has 0 amide bonds. The maximum Gasteiger partial charge on any atom is 0.176 e. The maximum atomic E-state index is 13.0. The maximum absolute atomic E-state index is 13.0. The molecule has 3 aromatic rings. The topological polar surface area (TPSA) is 71.2 Å². The molecule has 25 heavy (non-hydrogen) atoms.